The molecule has 1 fully saturated rings. The van der Waals surface area contributed by atoms with Gasteiger partial charge in [-0.1, -0.05) is 52.0 Å². The first-order chi connectivity index (χ1) is 32.4. The maximum absolute atomic E-state index is 13.7. The van der Waals surface area contributed by atoms with Gasteiger partial charge in [0.2, 0.25) is 0 Å². The van der Waals surface area contributed by atoms with Crippen LogP contribution >= 0.6 is 0 Å². The molecule has 0 aliphatic carbocycles. The molecule has 1 saturated heterocycles. The number of aromatic nitrogens is 1. The van der Waals surface area contributed by atoms with Crippen LogP contribution < -0.4 is 10.6 Å². The molecule has 379 valence electrons. The molecule has 1 radical (unpaired) electrons. The maximum atomic E-state index is 13.7. The Balaban J connectivity index is 1.11. The predicted molar refractivity (Wildman–Crippen MR) is 262 cm³/mol. The Morgan fingerprint density at radius 3 is 2.53 bits per heavy atom. The summed E-state index contributed by atoms with van der Waals surface area (Å²) in [5.41, 5.74) is 3.90. The molecular formula is C51H77BiFN4O11. The molecule has 4 rings (SSSR count). The Hall–Kier alpha value is -3.57. The van der Waals surface area contributed by atoms with Gasteiger partial charge in [-0.3, -0.25) is 4.79 Å². The molecule has 2 amide bonds. The number of unbranched alkanes of at least 4 members (excludes halogenated alkanes) is 1. The summed E-state index contributed by atoms with van der Waals surface area (Å²) in [5, 5.41) is 37.8. The van der Waals surface area contributed by atoms with Gasteiger partial charge in [0.05, 0.1) is 57.3 Å². The third-order valence-electron chi connectivity index (χ3n) is 12.6. The van der Waals surface area contributed by atoms with Crippen molar-refractivity contribution in [3.63, 3.8) is 0 Å². The third-order valence-corrected chi connectivity index (χ3v) is 15.2. The Kier molecular flexibility index (Phi) is 24.3. The number of allylic oxidation sites excluding steroid dienone is 5. The average molecular weight is 1150 g/mol. The van der Waals surface area contributed by atoms with E-state index in [0.29, 0.717) is 32.6 Å². The standard InChI is InChI=1S/C51H78N4O11.Bi.FH/c1-9-43(57)38(7)49-44(64-49)29-33(2)13-12-14-34(3)48-35(4)17-20-45(51(8,61)22-21-41(56)32-47(59)66-48)65-50(60)53-24-26-63-28-27-62-25-23-52-46(58)16-11-10-15-39-18-19-40(55-39)31-42-36(5)30-37(6)54-42;;/h12-14,17-20,30-31,33,35,38,41,43-45,48-49,56-57,61H,9-11,15-16,21-29,32H2,1-8H3,(H3,52,53,54,55,58,60);;1H/q;+2;/p-2/b13-12+,20-17+,34-14+;;. The van der Waals surface area contributed by atoms with Crippen molar-refractivity contribution in [1.29, 1.82) is 0 Å². The number of cyclic esters (lactones) is 1. The van der Waals surface area contributed by atoms with E-state index < -0.39 is 60.1 Å². The summed E-state index contributed by atoms with van der Waals surface area (Å²) in [6.45, 7) is 16.9. The molecule has 0 saturated carbocycles. The number of aliphatic hydroxyl groups is 3. The molecule has 68 heavy (non-hydrogen) atoms. The van der Waals surface area contributed by atoms with E-state index >= 15 is 0 Å². The number of amides is 2. The largest absolute Gasteiger partial charge is 0.0779 e. The fourth-order valence-electron chi connectivity index (χ4n) is 8.30. The van der Waals surface area contributed by atoms with E-state index in [1.807, 2.05) is 78.0 Å². The van der Waals surface area contributed by atoms with Crippen molar-refractivity contribution >= 4 is 53.9 Å². The number of halogens is 1. The normalized spacial score (nSPS) is 26.9. The number of hydrogen-bond acceptors (Lipinski definition) is 12. The van der Waals surface area contributed by atoms with Crippen LogP contribution in [0.1, 0.15) is 116 Å². The van der Waals surface area contributed by atoms with Gasteiger partial charge < -0.3 is 44.3 Å². The van der Waals surface area contributed by atoms with Crippen LogP contribution in [0.5, 0.6) is 0 Å². The minimum Gasteiger partial charge on any atom is -0.0779 e. The number of nitrogens with one attached hydrogen (secondary N) is 2. The van der Waals surface area contributed by atoms with Crippen molar-refractivity contribution in [2.45, 2.75) is 155 Å². The SMILES string of the molecule is CCC(O)C(C)C1OC1CC(C)/C=C/C=C(\C)C1OC(=O)CC(O)CCC(C)(O)C(OC(=O)NCCOCCOCCNC(=O)CCCCC2=N/C(=C\c3c(C)cc(C)[n]3[Bi][F])C=C2)/C=C/C1C. The number of hydrogen-bond donors (Lipinski definition) is 5. The quantitative estimate of drug-likeness (QED) is 0.0174. The monoisotopic (exact) mass is 1150 g/mol. The van der Waals surface area contributed by atoms with Crippen molar-refractivity contribution < 1.29 is 56.0 Å². The van der Waals surface area contributed by atoms with Gasteiger partial charge in [0, 0.05) is 24.9 Å². The minimum absolute atomic E-state index is 0.0444. The second-order valence-electron chi connectivity index (χ2n) is 18.7. The molecule has 4 heterocycles. The summed E-state index contributed by atoms with van der Waals surface area (Å²) in [7, 11) is 0. The van der Waals surface area contributed by atoms with E-state index in [2.05, 4.69) is 28.6 Å². The number of esters is 1. The van der Waals surface area contributed by atoms with Crippen LogP contribution in [-0.2, 0) is 33.3 Å². The van der Waals surface area contributed by atoms with Gasteiger partial charge in [0.1, 0.15) is 11.7 Å². The van der Waals surface area contributed by atoms with Gasteiger partial charge in [-0.2, -0.15) is 0 Å². The Morgan fingerprint density at radius 2 is 1.82 bits per heavy atom. The minimum atomic E-state index is -2.23. The number of carbonyl (C=O) groups is 3. The molecular weight excluding hydrogens is 1070 g/mol. The molecule has 0 bridgehead atoms. The first-order valence-corrected chi connectivity index (χ1v) is 27.1. The van der Waals surface area contributed by atoms with E-state index in [1.165, 1.54) is 6.92 Å². The van der Waals surface area contributed by atoms with Crippen LogP contribution in [0.25, 0.3) is 6.08 Å². The molecule has 5 N–H and O–H groups in total. The molecule has 10 unspecified atom stereocenters. The molecule has 3 aliphatic heterocycles. The number of rotatable bonds is 25. The van der Waals surface area contributed by atoms with Gasteiger partial charge in [-0.05, 0) is 57.1 Å². The zero-order valence-electron chi connectivity index (χ0n) is 41.3. The van der Waals surface area contributed by atoms with Gasteiger partial charge >= 0.3 is 155 Å². The fraction of sp³-hybridized carbons (Fsp3) is 0.647. The van der Waals surface area contributed by atoms with Gasteiger partial charge in [0.25, 0.3) is 0 Å². The van der Waals surface area contributed by atoms with E-state index in [9.17, 15) is 32.3 Å². The molecule has 10 atom stereocenters. The van der Waals surface area contributed by atoms with Crippen molar-refractivity contribution in [3.8, 4) is 0 Å². The molecule has 17 heteroatoms. The van der Waals surface area contributed by atoms with Crippen LogP contribution in [-0.4, -0.2) is 147 Å². The maximum Gasteiger partial charge on any atom is 0.0152 e. The van der Waals surface area contributed by atoms with Crippen LogP contribution in [0.2, 0.25) is 0 Å². The molecule has 3 aliphatic rings. The number of aliphatic imine (C=N–C) groups is 1. The smallest absolute Gasteiger partial charge is 0.0152 e. The summed E-state index contributed by atoms with van der Waals surface area (Å²) in [6.07, 6.45) is 15.5. The van der Waals surface area contributed by atoms with Crippen molar-refractivity contribution in [2.75, 3.05) is 39.5 Å². The molecule has 1 aromatic heterocycles. The van der Waals surface area contributed by atoms with E-state index in [1.54, 1.807) is 14.7 Å². The topological polar surface area (TPSA) is 203 Å². The zero-order chi connectivity index (χ0) is 49.8. The third kappa shape index (κ3) is 19.3. The Labute approximate surface area is 415 Å². The van der Waals surface area contributed by atoms with Crippen LogP contribution in [0.4, 0.5) is 7.42 Å². The number of alkyl carbamates (subject to hydrolysis) is 1. The summed E-state index contributed by atoms with van der Waals surface area (Å²) >= 11 is -2.23. The van der Waals surface area contributed by atoms with Gasteiger partial charge in [0.15, 0.2) is 6.10 Å². The van der Waals surface area contributed by atoms with Crippen LogP contribution in [0.15, 0.2) is 64.9 Å². The van der Waals surface area contributed by atoms with Crippen molar-refractivity contribution in [2.24, 2.45) is 22.7 Å². The van der Waals surface area contributed by atoms with Gasteiger partial charge in [-0.15, -0.1) is 0 Å². The Bertz CT molecular complexity index is 1980. The molecule has 0 aromatic carbocycles. The zero-order valence-corrected chi connectivity index (χ0v) is 44.8. The van der Waals surface area contributed by atoms with E-state index in [-0.39, 0.29) is 81.0 Å². The van der Waals surface area contributed by atoms with E-state index in [0.717, 1.165) is 59.6 Å². The number of epoxide rings is 1. The number of aryl methyl sites for hydroxylation is 2. The summed E-state index contributed by atoms with van der Waals surface area (Å²) in [5.74, 6) is -0.671. The van der Waals surface area contributed by atoms with Crippen molar-refractivity contribution in [1.82, 2.24) is 13.1 Å². The number of nitrogens with zero attached hydrogens (tertiary/aromatic N) is 2. The number of aliphatic hydroxyl groups excluding tert-OH is 2. The predicted octanol–water partition coefficient (Wildman–Crippen LogP) is 6.72. The number of carbonyl (C=O) groups excluding carboxylic acids is 3. The average Bonchev–Trinajstić information content (AvgIpc) is 3.81. The Morgan fingerprint density at radius 1 is 1.10 bits per heavy atom. The van der Waals surface area contributed by atoms with Crippen LogP contribution in [0.3, 0.4) is 0 Å². The number of ether oxygens (including phenoxy) is 5. The molecule has 1 aromatic rings. The van der Waals surface area contributed by atoms with Crippen LogP contribution in [0, 0.1) is 31.6 Å². The second-order valence-corrected chi connectivity index (χ2v) is 20.8. The molecule has 0 spiro atoms. The fourth-order valence-corrected chi connectivity index (χ4v) is 10.1. The first-order valence-electron chi connectivity index (χ1n) is 24.2. The van der Waals surface area contributed by atoms with Crippen molar-refractivity contribution in [3.05, 3.63) is 76.8 Å². The second kappa shape index (κ2) is 28.9. The summed E-state index contributed by atoms with van der Waals surface area (Å²) in [6, 6.07) is 2.00. The van der Waals surface area contributed by atoms with E-state index in [4.69, 9.17) is 23.7 Å². The summed E-state index contributed by atoms with van der Waals surface area (Å²) in [4.78, 5) is 42.8. The summed E-state index contributed by atoms with van der Waals surface area (Å²) < 4.78 is 44.1. The first kappa shape index (κ1) is 57.0. The molecule has 15 nitrogen and oxygen atoms in total. The van der Waals surface area contributed by atoms with Gasteiger partial charge in [-0.25, -0.2) is 4.79 Å².